The molecule has 1 N–H and O–H groups in total. The predicted molar refractivity (Wildman–Crippen MR) is 163 cm³/mol. The zero-order chi connectivity index (χ0) is 25.7. The topological polar surface area (TPSA) is 12.0 Å². The van der Waals surface area contributed by atoms with Gasteiger partial charge in [-0.15, -0.1) is 0 Å². The SMILES string of the molecule is C=C(CC(CCCCCCCC)CCCCCCCC1CC1CCCCCCCC)C1CCNCC1. The third kappa shape index (κ3) is 15.8. The van der Waals surface area contributed by atoms with Crippen LogP contribution in [0.15, 0.2) is 12.2 Å². The summed E-state index contributed by atoms with van der Waals surface area (Å²) in [5.74, 6) is 3.94. The largest absolute Gasteiger partial charge is 0.317 e. The molecule has 36 heavy (non-hydrogen) atoms. The van der Waals surface area contributed by atoms with Gasteiger partial charge in [-0.1, -0.05) is 161 Å². The number of nitrogens with one attached hydrogen (secondary N) is 1. The van der Waals surface area contributed by atoms with Crippen LogP contribution in [0.1, 0.15) is 174 Å². The Balaban J connectivity index is 1.50. The van der Waals surface area contributed by atoms with Crippen molar-refractivity contribution in [2.24, 2.45) is 23.7 Å². The van der Waals surface area contributed by atoms with Gasteiger partial charge in [0.2, 0.25) is 0 Å². The Bertz CT molecular complexity index is 505. The lowest BCUT2D eigenvalue weighted by atomic mass is 9.82. The van der Waals surface area contributed by atoms with E-state index in [1.54, 1.807) is 18.4 Å². The quantitative estimate of drug-likeness (QED) is 0.0968. The van der Waals surface area contributed by atoms with Crippen molar-refractivity contribution in [3.8, 4) is 0 Å². The molecule has 1 nitrogen and oxygen atoms in total. The molecular formula is C35H67N. The lowest BCUT2D eigenvalue weighted by Gasteiger charge is -2.27. The van der Waals surface area contributed by atoms with Crippen molar-refractivity contribution >= 4 is 0 Å². The minimum Gasteiger partial charge on any atom is -0.317 e. The van der Waals surface area contributed by atoms with Crippen LogP contribution in [0.3, 0.4) is 0 Å². The second kappa shape index (κ2) is 21.6. The van der Waals surface area contributed by atoms with Gasteiger partial charge in [0.15, 0.2) is 0 Å². The summed E-state index contributed by atoms with van der Waals surface area (Å²) in [7, 11) is 0. The van der Waals surface area contributed by atoms with Crippen molar-refractivity contribution in [2.75, 3.05) is 13.1 Å². The Morgan fingerprint density at radius 2 is 1.08 bits per heavy atom. The highest BCUT2D eigenvalue weighted by Gasteiger charge is 2.35. The maximum Gasteiger partial charge on any atom is -0.00432 e. The number of hydrogen-bond acceptors (Lipinski definition) is 1. The van der Waals surface area contributed by atoms with Crippen molar-refractivity contribution in [3.63, 3.8) is 0 Å². The van der Waals surface area contributed by atoms with E-state index in [1.165, 1.54) is 161 Å². The fourth-order valence-corrected chi connectivity index (χ4v) is 6.90. The summed E-state index contributed by atoms with van der Waals surface area (Å²) in [6.45, 7) is 11.6. The lowest BCUT2D eigenvalue weighted by molar-refractivity contribution is 0.359. The Hall–Kier alpha value is -0.300. The average Bonchev–Trinajstić information content (AvgIpc) is 3.65. The lowest BCUT2D eigenvalue weighted by Crippen LogP contribution is -2.28. The van der Waals surface area contributed by atoms with Gasteiger partial charge in [0.25, 0.3) is 0 Å². The third-order valence-electron chi connectivity index (χ3n) is 9.62. The van der Waals surface area contributed by atoms with Gasteiger partial charge in [0.05, 0.1) is 0 Å². The molecule has 3 unspecified atom stereocenters. The molecule has 0 spiro atoms. The molecule has 2 fully saturated rings. The van der Waals surface area contributed by atoms with E-state index >= 15 is 0 Å². The number of rotatable bonds is 25. The summed E-state index contributed by atoms with van der Waals surface area (Å²) in [6.07, 6.45) is 36.3. The Morgan fingerprint density at radius 1 is 0.639 bits per heavy atom. The molecule has 1 saturated heterocycles. The molecular weight excluding hydrogens is 434 g/mol. The van der Waals surface area contributed by atoms with Gasteiger partial charge in [0.1, 0.15) is 0 Å². The molecule has 212 valence electrons. The van der Waals surface area contributed by atoms with E-state index in [0.717, 1.165) is 23.7 Å². The highest BCUT2D eigenvalue weighted by Crippen LogP contribution is 2.45. The number of allylic oxidation sites excluding steroid dienone is 1. The van der Waals surface area contributed by atoms with Crippen molar-refractivity contribution < 1.29 is 0 Å². The molecule has 1 heterocycles. The van der Waals surface area contributed by atoms with Crippen LogP contribution >= 0.6 is 0 Å². The molecule has 0 aromatic rings. The smallest absolute Gasteiger partial charge is 0.00432 e. The number of piperidine rings is 1. The maximum atomic E-state index is 4.59. The van der Waals surface area contributed by atoms with Crippen LogP contribution in [0.5, 0.6) is 0 Å². The van der Waals surface area contributed by atoms with Crippen molar-refractivity contribution in [1.29, 1.82) is 0 Å². The van der Waals surface area contributed by atoms with Gasteiger partial charge in [0, 0.05) is 0 Å². The van der Waals surface area contributed by atoms with Crippen LogP contribution in [0, 0.1) is 23.7 Å². The molecule has 2 rings (SSSR count). The number of unbranched alkanes of at least 4 members (excludes halogenated alkanes) is 14. The van der Waals surface area contributed by atoms with Gasteiger partial charge in [-0.05, 0) is 62.4 Å². The summed E-state index contributed by atoms with van der Waals surface area (Å²) in [4.78, 5) is 0. The summed E-state index contributed by atoms with van der Waals surface area (Å²) >= 11 is 0. The average molecular weight is 502 g/mol. The highest BCUT2D eigenvalue weighted by atomic mass is 14.9. The molecule has 3 atom stereocenters. The minimum absolute atomic E-state index is 0.797. The van der Waals surface area contributed by atoms with Crippen LogP contribution in [-0.4, -0.2) is 13.1 Å². The van der Waals surface area contributed by atoms with Crippen molar-refractivity contribution in [3.05, 3.63) is 12.2 Å². The predicted octanol–water partition coefficient (Wildman–Crippen LogP) is 11.4. The summed E-state index contributed by atoms with van der Waals surface area (Å²) in [5.41, 5.74) is 1.59. The third-order valence-corrected chi connectivity index (χ3v) is 9.62. The standard InChI is InChI=1S/C35H67N/c1-4-6-8-10-13-17-21-32(29-31(3)33-25-27-36-28-26-33)22-18-14-12-16-20-24-35-30-34(35)23-19-15-11-9-7-5-2/h32-36H,3-30H2,1-2H3. The first-order valence-electron chi connectivity index (χ1n) is 17.1. The van der Waals surface area contributed by atoms with E-state index in [2.05, 4.69) is 25.7 Å². The fraction of sp³-hybridized carbons (Fsp3) is 0.943. The van der Waals surface area contributed by atoms with Gasteiger partial charge in [-0.25, -0.2) is 0 Å². The van der Waals surface area contributed by atoms with Crippen molar-refractivity contribution in [2.45, 2.75) is 174 Å². The normalized spacial score (nSPS) is 21.1. The highest BCUT2D eigenvalue weighted by molar-refractivity contribution is 5.03. The first-order valence-corrected chi connectivity index (χ1v) is 17.1. The summed E-state index contributed by atoms with van der Waals surface area (Å²) in [6, 6.07) is 0. The maximum absolute atomic E-state index is 4.59. The van der Waals surface area contributed by atoms with Crippen LogP contribution < -0.4 is 5.32 Å². The van der Waals surface area contributed by atoms with Gasteiger partial charge >= 0.3 is 0 Å². The second-order valence-electron chi connectivity index (χ2n) is 13.0. The summed E-state index contributed by atoms with van der Waals surface area (Å²) < 4.78 is 0. The number of hydrogen-bond donors (Lipinski definition) is 1. The molecule has 0 radical (unpaired) electrons. The molecule has 1 aliphatic heterocycles. The van der Waals surface area contributed by atoms with E-state index in [4.69, 9.17) is 0 Å². The minimum atomic E-state index is 0.797. The monoisotopic (exact) mass is 502 g/mol. The van der Waals surface area contributed by atoms with Gasteiger partial charge in [-0.2, -0.15) is 0 Å². The van der Waals surface area contributed by atoms with E-state index in [-0.39, 0.29) is 0 Å². The van der Waals surface area contributed by atoms with Crippen LogP contribution in [-0.2, 0) is 0 Å². The molecule has 0 aromatic carbocycles. The van der Waals surface area contributed by atoms with Gasteiger partial charge in [-0.3, -0.25) is 0 Å². The van der Waals surface area contributed by atoms with E-state index in [0.29, 0.717) is 0 Å². The van der Waals surface area contributed by atoms with E-state index < -0.39 is 0 Å². The first kappa shape index (κ1) is 31.9. The van der Waals surface area contributed by atoms with Crippen molar-refractivity contribution in [1.82, 2.24) is 5.32 Å². The Labute approximate surface area is 228 Å². The van der Waals surface area contributed by atoms with E-state index in [1.807, 2.05) is 0 Å². The van der Waals surface area contributed by atoms with Crippen LogP contribution in [0.2, 0.25) is 0 Å². The van der Waals surface area contributed by atoms with Crippen LogP contribution in [0.4, 0.5) is 0 Å². The fourth-order valence-electron chi connectivity index (χ4n) is 6.90. The van der Waals surface area contributed by atoms with E-state index in [9.17, 15) is 0 Å². The Morgan fingerprint density at radius 3 is 1.58 bits per heavy atom. The molecule has 1 heteroatoms. The molecule has 0 bridgehead atoms. The molecule has 2 aliphatic rings. The summed E-state index contributed by atoms with van der Waals surface area (Å²) in [5, 5.41) is 3.53. The van der Waals surface area contributed by atoms with Gasteiger partial charge < -0.3 is 5.32 Å². The first-order chi connectivity index (χ1) is 17.7. The molecule has 0 amide bonds. The Kier molecular flexibility index (Phi) is 19.2. The van der Waals surface area contributed by atoms with Crippen LogP contribution in [0.25, 0.3) is 0 Å². The zero-order valence-corrected chi connectivity index (χ0v) is 25.1. The zero-order valence-electron chi connectivity index (χ0n) is 25.1. The second-order valence-corrected chi connectivity index (χ2v) is 13.0. The molecule has 1 aliphatic carbocycles. The molecule has 1 saturated carbocycles. The molecule has 0 aromatic heterocycles.